The highest BCUT2D eigenvalue weighted by molar-refractivity contribution is 6.40. The first-order valence-corrected chi connectivity index (χ1v) is 10.5. The van der Waals surface area contributed by atoms with Crippen LogP contribution in [-0.2, 0) is 12.0 Å². The van der Waals surface area contributed by atoms with Crippen molar-refractivity contribution < 1.29 is 13.2 Å². The summed E-state index contributed by atoms with van der Waals surface area (Å²) >= 11 is 6.21. The molecule has 0 saturated carbocycles. The molecule has 2 aliphatic rings. The summed E-state index contributed by atoms with van der Waals surface area (Å²) in [5, 5.41) is 5.97. The van der Waals surface area contributed by atoms with Gasteiger partial charge in [0.05, 0.1) is 22.5 Å². The molecule has 11 heteroatoms. The number of allylic oxidation sites excluding steroid dienone is 1. The SMILES string of the molecule is NC1CCN(c2ccc(C3(N)N=CC(Cl)=C(Nc4cccc(C(F)(F)F)c4)N3)nc2)CC1. The van der Waals surface area contributed by atoms with Crippen LogP contribution in [0.5, 0.6) is 0 Å². The average molecular weight is 466 g/mol. The Hall–Kier alpha value is -2.82. The van der Waals surface area contributed by atoms with Gasteiger partial charge in [-0.25, -0.2) is 4.99 Å². The zero-order chi connectivity index (χ0) is 22.9. The van der Waals surface area contributed by atoms with E-state index in [1.165, 1.54) is 18.3 Å². The Balaban J connectivity index is 1.50. The van der Waals surface area contributed by atoms with E-state index in [4.69, 9.17) is 23.1 Å². The maximum Gasteiger partial charge on any atom is 0.416 e. The number of aromatic nitrogens is 1. The molecule has 2 aliphatic heterocycles. The van der Waals surface area contributed by atoms with Gasteiger partial charge in [0.15, 0.2) is 0 Å². The number of pyridine rings is 1. The average Bonchev–Trinajstić information content (AvgIpc) is 2.77. The number of benzene rings is 1. The van der Waals surface area contributed by atoms with E-state index < -0.39 is 17.5 Å². The first kappa shape index (κ1) is 22.4. The number of nitrogens with two attached hydrogens (primary N) is 2. The number of rotatable bonds is 4. The molecule has 6 N–H and O–H groups in total. The van der Waals surface area contributed by atoms with Crippen LogP contribution in [0.3, 0.4) is 0 Å². The van der Waals surface area contributed by atoms with Crippen LogP contribution in [0.15, 0.2) is 58.4 Å². The van der Waals surface area contributed by atoms with Gasteiger partial charge < -0.3 is 21.3 Å². The summed E-state index contributed by atoms with van der Waals surface area (Å²) in [6.07, 6.45) is 0.443. The Morgan fingerprint density at radius 3 is 2.59 bits per heavy atom. The maximum absolute atomic E-state index is 13.0. The summed E-state index contributed by atoms with van der Waals surface area (Å²) in [6, 6.07) is 8.67. The molecule has 0 spiro atoms. The Bertz CT molecular complexity index is 1030. The van der Waals surface area contributed by atoms with Crippen molar-refractivity contribution in [3.8, 4) is 0 Å². The molecule has 1 atom stereocenters. The van der Waals surface area contributed by atoms with Gasteiger partial charge in [-0.3, -0.25) is 10.7 Å². The van der Waals surface area contributed by atoms with Gasteiger partial charge in [0.2, 0.25) is 5.79 Å². The fourth-order valence-corrected chi connectivity index (χ4v) is 3.74. The number of piperidine rings is 1. The van der Waals surface area contributed by atoms with E-state index in [0.29, 0.717) is 5.69 Å². The number of halogens is 4. The third-order valence-corrected chi connectivity index (χ3v) is 5.72. The van der Waals surface area contributed by atoms with Crippen LogP contribution >= 0.6 is 11.6 Å². The van der Waals surface area contributed by atoms with Gasteiger partial charge in [0.1, 0.15) is 11.5 Å². The predicted octanol–water partition coefficient (Wildman–Crippen LogP) is 3.29. The minimum Gasteiger partial charge on any atom is -0.370 e. The summed E-state index contributed by atoms with van der Waals surface area (Å²) in [5.74, 6) is -1.22. The molecular weight excluding hydrogens is 443 g/mol. The van der Waals surface area contributed by atoms with E-state index in [2.05, 4.69) is 25.5 Å². The molecule has 0 amide bonds. The van der Waals surface area contributed by atoms with Crippen molar-refractivity contribution in [1.82, 2.24) is 10.3 Å². The van der Waals surface area contributed by atoms with E-state index in [1.807, 2.05) is 6.07 Å². The van der Waals surface area contributed by atoms with Crippen molar-refractivity contribution in [3.05, 3.63) is 64.7 Å². The molecule has 0 aliphatic carbocycles. The molecule has 7 nitrogen and oxygen atoms in total. The number of hydrogen-bond donors (Lipinski definition) is 4. The third-order valence-electron chi connectivity index (χ3n) is 5.44. The van der Waals surface area contributed by atoms with Crippen LogP contribution in [-0.4, -0.2) is 30.3 Å². The van der Waals surface area contributed by atoms with Gasteiger partial charge in [0, 0.05) is 31.0 Å². The Kier molecular flexibility index (Phi) is 6.02. The summed E-state index contributed by atoms with van der Waals surface area (Å²) in [4.78, 5) is 10.9. The van der Waals surface area contributed by atoms with Gasteiger partial charge in [-0.05, 0) is 43.2 Å². The molecule has 4 rings (SSSR count). The van der Waals surface area contributed by atoms with Crippen LogP contribution in [0.4, 0.5) is 24.5 Å². The molecular formula is C21H23ClF3N7. The van der Waals surface area contributed by atoms with Crippen molar-refractivity contribution in [2.45, 2.75) is 30.8 Å². The molecule has 0 radical (unpaired) electrons. The van der Waals surface area contributed by atoms with E-state index in [1.54, 1.807) is 12.3 Å². The summed E-state index contributed by atoms with van der Waals surface area (Å²) in [7, 11) is 0. The van der Waals surface area contributed by atoms with Crippen LogP contribution in [0.1, 0.15) is 24.1 Å². The molecule has 2 aromatic rings. The first-order chi connectivity index (χ1) is 15.1. The fraction of sp³-hybridized carbons (Fsp3) is 0.333. The highest BCUT2D eigenvalue weighted by atomic mass is 35.5. The molecule has 1 aromatic carbocycles. The van der Waals surface area contributed by atoms with Crippen molar-refractivity contribution in [2.75, 3.05) is 23.3 Å². The highest BCUT2D eigenvalue weighted by Crippen LogP contribution is 2.32. The lowest BCUT2D eigenvalue weighted by atomic mass is 10.1. The number of anilines is 2. The molecule has 1 saturated heterocycles. The third kappa shape index (κ3) is 4.82. The molecule has 3 heterocycles. The minimum atomic E-state index is -4.46. The second-order valence-corrected chi connectivity index (χ2v) is 8.21. The van der Waals surface area contributed by atoms with Crippen LogP contribution < -0.4 is 27.0 Å². The minimum absolute atomic E-state index is 0.171. The lowest BCUT2D eigenvalue weighted by Crippen LogP contribution is -2.52. The molecule has 170 valence electrons. The topological polar surface area (TPSA) is 105 Å². The molecule has 32 heavy (non-hydrogen) atoms. The molecule has 1 unspecified atom stereocenters. The zero-order valence-electron chi connectivity index (χ0n) is 17.0. The second kappa shape index (κ2) is 8.61. The van der Waals surface area contributed by atoms with Crippen molar-refractivity contribution >= 4 is 29.2 Å². The summed E-state index contributed by atoms with van der Waals surface area (Å²) < 4.78 is 39.0. The van der Waals surface area contributed by atoms with Crippen molar-refractivity contribution in [3.63, 3.8) is 0 Å². The van der Waals surface area contributed by atoms with E-state index in [0.717, 1.165) is 43.8 Å². The predicted molar refractivity (Wildman–Crippen MR) is 119 cm³/mol. The summed E-state index contributed by atoms with van der Waals surface area (Å²) in [5.41, 5.74) is 13.2. The zero-order valence-corrected chi connectivity index (χ0v) is 17.8. The number of hydrogen-bond acceptors (Lipinski definition) is 7. The highest BCUT2D eigenvalue weighted by Gasteiger charge is 2.33. The van der Waals surface area contributed by atoms with Crippen molar-refractivity contribution in [1.29, 1.82) is 0 Å². The first-order valence-electron chi connectivity index (χ1n) is 10.1. The van der Waals surface area contributed by atoms with Gasteiger partial charge in [0.25, 0.3) is 0 Å². The van der Waals surface area contributed by atoms with Crippen LogP contribution in [0.2, 0.25) is 0 Å². The maximum atomic E-state index is 13.0. The molecule has 1 aromatic heterocycles. The van der Waals surface area contributed by atoms with E-state index in [-0.39, 0.29) is 22.6 Å². The Morgan fingerprint density at radius 1 is 1.19 bits per heavy atom. The van der Waals surface area contributed by atoms with Gasteiger partial charge in [-0.2, -0.15) is 13.2 Å². The smallest absolute Gasteiger partial charge is 0.370 e. The number of nitrogens with zero attached hydrogens (tertiary/aromatic N) is 3. The lowest BCUT2D eigenvalue weighted by Gasteiger charge is -2.33. The van der Waals surface area contributed by atoms with Crippen LogP contribution in [0, 0.1) is 0 Å². The number of alkyl halides is 3. The number of aliphatic imine (C=N–C) groups is 1. The lowest BCUT2D eigenvalue weighted by molar-refractivity contribution is -0.137. The quantitative estimate of drug-likeness (QED) is 0.552. The van der Waals surface area contributed by atoms with Crippen molar-refractivity contribution in [2.24, 2.45) is 16.5 Å². The van der Waals surface area contributed by atoms with Gasteiger partial charge in [-0.15, -0.1) is 0 Å². The van der Waals surface area contributed by atoms with Crippen LogP contribution in [0.25, 0.3) is 0 Å². The Morgan fingerprint density at radius 2 is 1.94 bits per heavy atom. The van der Waals surface area contributed by atoms with Gasteiger partial charge in [-0.1, -0.05) is 17.7 Å². The largest absolute Gasteiger partial charge is 0.416 e. The Labute approximate surface area is 188 Å². The fourth-order valence-electron chi connectivity index (χ4n) is 3.60. The summed E-state index contributed by atoms with van der Waals surface area (Å²) in [6.45, 7) is 1.71. The van der Waals surface area contributed by atoms with Gasteiger partial charge >= 0.3 is 6.18 Å². The normalized spacial score (nSPS) is 22.1. The van der Waals surface area contributed by atoms with E-state index in [9.17, 15) is 13.2 Å². The monoisotopic (exact) mass is 465 g/mol. The molecule has 0 bridgehead atoms. The molecule has 1 fully saturated rings. The number of nitrogens with one attached hydrogen (secondary N) is 2. The second-order valence-electron chi connectivity index (χ2n) is 7.80. The standard InChI is InChI=1S/C21H23ClF3N7/c22-17-12-29-21(27,18-5-4-16(11-28-18)32-8-6-14(26)7-9-32)31-19(17)30-15-3-1-2-13(10-15)20(23,24)25/h1-5,10-12,14,30-31H,6-9,26-27H2. The van der Waals surface area contributed by atoms with E-state index >= 15 is 0 Å².